The van der Waals surface area contributed by atoms with Crippen LogP contribution in [0.5, 0.6) is 11.5 Å². The fraction of sp³-hybridized carbons (Fsp3) is 0.312. The first-order valence-corrected chi connectivity index (χ1v) is 7.33. The average molecular weight is 332 g/mol. The quantitative estimate of drug-likeness (QED) is 0.830. The summed E-state index contributed by atoms with van der Waals surface area (Å²) < 4.78 is 20.3. The van der Waals surface area contributed by atoms with Crippen molar-refractivity contribution in [2.75, 3.05) is 6.79 Å². The smallest absolute Gasteiger partial charge is 0.377 e. The molecule has 3 rings (SSSR count). The topological polar surface area (TPSA) is 99.9 Å². The van der Waals surface area contributed by atoms with E-state index in [4.69, 9.17) is 18.7 Å². The van der Waals surface area contributed by atoms with Crippen LogP contribution in [0.25, 0.3) is 0 Å². The van der Waals surface area contributed by atoms with Crippen LogP contribution in [0, 0.1) is 6.92 Å². The highest BCUT2D eigenvalue weighted by atomic mass is 16.7. The molecule has 1 aromatic heterocycles. The minimum atomic E-state index is -0.961. The molecule has 0 aliphatic carbocycles. The van der Waals surface area contributed by atoms with Crippen LogP contribution in [0.2, 0.25) is 0 Å². The highest BCUT2D eigenvalue weighted by Crippen LogP contribution is 2.32. The van der Waals surface area contributed by atoms with Gasteiger partial charge < -0.3 is 24.1 Å². The molecule has 0 spiro atoms. The molecule has 1 amide bonds. The fourth-order valence-corrected chi connectivity index (χ4v) is 2.12. The highest BCUT2D eigenvalue weighted by Gasteiger charge is 2.21. The number of carbonyl (C=O) groups excluding carboxylic acids is 2. The molecule has 1 aromatic carbocycles. The summed E-state index contributed by atoms with van der Waals surface area (Å²) in [6, 6.07) is 6.83. The summed E-state index contributed by atoms with van der Waals surface area (Å²) in [5, 5.41) is 6.29. The van der Waals surface area contributed by atoms with Gasteiger partial charge in [0, 0.05) is 12.6 Å². The van der Waals surface area contributed by atoms with E-state index < -0.39 is 18.0 Å². The SMILES string of the molecule is Cc1cc(C(=O)O[C@@H](C)C(=O)NCc2ccc3c(c2)OCO3)on1. The first-order chi connectivity index (χ1) is 11.5. The molecule has 8 nitrogen and oxygen atoms in total. The molecule has 1 atom stereocenters. The maximum atomic E-state index is 12.0. The van der Waals surface area contributed by atoms with Crippen molar-refractivity contribution in [1.82, 2.24) is 10.5 Å². The Morgan fingerprint density at radius 2 is 2.08 bits per heavy atom. The van der Waals surface area contributed by atoms with Crippen LogP contribution in [-0.2, 0) is 16.1 Å². The van der Waals surface area contributed by atoms with Gasteiger partial charge >= 0.3 is 5.97 Å². The molecule has 2 heterocycles. The average Bonchev–Trinajstić information content (AvgIpc) is 3.20. The summed E-state index contributed by atoms with van der Waals surface area (Å²) >= 11 is 0. The number of aryl methyl sites for hydroxylation is 1. The summed E-state index contributed by atoms with van der Waals surface area (Å²) in [4.78, 5) is 23.8. The first kappa shape index (κ1) is 15.9. The van der Waals surface area contributed by atoms with Gasteiger partial charge in [0.1, 0.15) is 0 Å². The zero-order valence-corrected chi connectivity index (χ0v) is 13.2. The van der Waals surface area contributed by atoms with Crippen LogP contribution in [-0.4, -0.2) is 29.9 Å². The van der Waals surface area contributed by atoms with Crippen LogP contribution < -0.4 is 14.8 Å². The van der Waals surface area contributed by atoms with Gasteiger partial charge in [0.2, 0.25) is 12.6 Å². The van der Waals surface area contributed by atoms with Gasteiger partial charge in [-0.3, -0.25) is 4.79 Å². The van der Waals surface area contributed by atoms with Crippen molar-refractivity contribution in [3.05, 3.63) is 41.3 Å². The maximum Gasteiger partial charge on any atom is 0.377 e. The monoisotopic (exact) mass is 332 g/mol. The van der Waals surface area contributed by atoms with Gasteiger partial charge in [0.25, 0.3) is 5.91 Å². The molecule has 2 aromatic rings. The molecule has 24 heavy (non-hydrogen) atoms. The number of hydrogen-bond acceptors (Lipinski definition) is 7. The normalized spacial score (nSPS) is 13.4. The molecule has 0 bridgehead atoms. The van der Waals surface area contributed by atoms with Crippen molar-refractivity contribution in [1.29, 1.82) is 0 Å². The third-order valence-corrected chi connectivity index (χ3v) is 3.39. The molecule has 0 saturated carbocycles. The van der Waals surface area contributed by atoms with Gasteiger partial charge in [-0.15, -0.1) is 0 Å². The number of nitrogens with zero attached hydrogens (tertiary/aromatic N) is 1. The second kappa shape index (κ2) is 6.61. The number of fused-ring (bicyclic) bond motifs is 1. The summed E-state index contributed by atoms with van der Waals surface area (Å²) in [5.74, 6) is 0.123. The van der Waals surface area contributed by atoms with Gasteiger partial charge in [-0.05, 0) is 31.5 Å². The van der Waals surface area contributed by atoms with Crippen LogP contribution in [0.1, 0.15) is 28.7 Å². The number of esters is 1. The summed E-state index contributed by atoms with van der Waals surface area (Å²) in [6.45, 7) is 3.63. The fourth-order valence-electron chi connectivity index (χ4n) is 2.12. The first-order valence-electron chi connectivity index (χ1n) is 7.33. The summed E-state index contributed by atoms with van der Waals surface area (Å²) in [7, 11) is 0. The van der Waals surface area contributed by atoms with E-state index in [1.165, 1.54) is 13.0 Å². The molecular formula is C16H16N2O6. The maximum absolute atomic E-state index is 12.0. The van der Waals surface area contributed by atoms with E-state index in [0.717, 1.165) is 5.56 Å². The molecule has 0 fully saturated rings. The molecule has 1 aliphatic heterocycles. The van der Waals surface area contributed by atoms with Crippen molar-refractivity contribution in [2.45, 2.75) is 26.5 Å². The van der Waals surface area contributed by atoms with Crippen LogP contribution in [0.4, 0.5) is 0 Å². The van der Waals surface area contributed by atoms with Crippen molar-refractivity contribution in [3.63, 3.8) is 0 Å². The third-order valence-electron chi connectivity index (χ3n) is 3.39. The second-order valence-corrected chi connectivity index (χ2v) is 5.29. The number of ether oxygens (including phenoxy) is 3. The Morgan fingerprint density at radius 1 is 1.29 bits per heavy atom. The second-order valence-electron chi connectivity index (χ2n) is 5.29. The number of hydrogen-bond donors (Lipinski definition) is 1. The lowest BCUT2D eigenvalue weighted by Crippen LogP contribution is -2.35. The summed E-state index contributed by atoms with van der Waals surface area (Å²) in [6.07, 6.45) is -0.961. The van der Waals surface area contributed by atoms with Crippen LogP contribution in [0.3, 0.4) is 0 Å². The molecule has 8 heteroatoms. The van der Waals surface area contributed by atoms with E-state index in [-0.39, 0.29) is 19.1 Å². The number of nitrogens with one attached hydrogen (secondary N) is 1. The predicted octanol–water partition coefficient (Wildman–Crippen LogP) is 1.57. The number of carbonyl (C=O) groups is 2. The van der Waals surface area contributed by atoms with Crippen LogP contribution >= 0.6 is 0 Å². The molecule has 126 valence electrons. The van der Waals surface area contributed by atoms with Crippen molar-refractivity contribution in [3.8, 4) is 11.5 Å². The zero-order chi connectivity index (χ0) is 17.1. The van der Waals surface area contributed by atoms with Crippen molar-refractivity contribution in [2.24, 2.45) is 0 Å². The largest absolute Gasteiger partial charge is 0.454 e. The van der Waals surface area contributed by atoms with Gasteiger partial charge in [-0.25, -0.2) is 4.79 Å². The van der Waals surface area contributed by atoms with E-state index in [0.29, 0.717) is 17.2 Å². The zero-order valence-electron chi connectivity index (χ0n) is 13.2. The number of rotatable bonds is 5. The lowest BCUT2D eigenvalue weighted by Gasteiger charge is -2.12. The predicted molar refractivity (Wildman–Crippen MR) is 80.5 cm³/mol. The number of benzene rings is 1. The van der Waals surface area contributed by atoms with Crippen LogP contribution in [0.15, 0.2) is 28.8 Å². The Bertz CT molecular complexity index is 770. The molecule has 1 N–H and O–H groups in total. The third kappa shape index (κ3) is 3.48. The van der Waals surface area contributed by atoms with Crippen molar-refractivity contribution >= 4 is 11.9 Å². The highest BCUT2D eigenvalue weighted by molar-refractivity contribution is 5.89. The van der Waals surface area contributed by atoms with Gasteiger partial charge in [0.05, 0.1) is 5.69 Å². The Morgan fingerprint density at radius 3 is 2.83 bits per heavy atom. The van der Waals surface area contributed by atoms with Gasteiger partial charge in [-0.1, -0.05) is 11.2 Å². The molecule has 0 saturated heterocycles. The van der Waals surface area contributed by atoms with E-state index in [1.807, 2.05) is 6.07 Å². The Labute approximate surface area is 137 Å². The molecule has 1 aliphatic rings. The minimum absolute atomic E-state index is 0.0390. The standard InChI is InChI=1S/C16H16N2O6/c1-9-5-14(24-18-9)16(20)23-10(2)15(19)17-7-11-3-4-12-13(6-11)22-8-21-12/h3-6,10H,7-8H2,1-2H3,(H,17,19)/t10-/m0/s1. The van der Waals surface area contributed by atoms with Gasteiger partial charge in [0.15, 0.2) is 17.6 Å². The Kier molecular flexibility index (Phi) is 4.37. The lowest BCUT2D eigenvalue weighted by atomic mass is 10.2. The van der Waals surface area contributed by atoms with Crippen molar-refractivity contribution < 1.29 is 28.3 Å². The number of amides is 1. The Hall–Kier alpha value is -3.03. The van der Waals surface area contributed by atoms with E-state index in [1.54, 1.807) is 19.1 Å². The van der Waals surface area contributed by atoms with E-state index in [9.17, 15) is 9.59 Å². The molecule has 0 unspecified atom stereocenters. The lowest BCUT2D eigenvalue weighted by molar-refractivity contribution is -0.129. The molecule has 0 radical (unpaired) electrons. The number of aromatic nitrogens is 1. The van der Waals surface area contributed by atoms with E-state index in [2.05, 4.69) is 10.5 Å². The summed E-state index contributed by atoms with van der Waals surface area (Å²) in [5.41, 5.74) is 1.40. The van der Waals surface area contributed by atoms with E-state index >= 15 is 0 Å². The molecular weight excluding hydrogens is 316 g/mol. The Balaban J connectivity index is 1.52. The minimum Gasteiger partial charge on any atom is -0.454 e. The van der Waals surface area contributed by atoms with Gasteiger partial charge in [-0.2, -0.15) is 0 Å².